The molecule has 2 amide bonds. The van der Waals surface area contributed by atoms with Crippen LogP contribution in [0.1, 0.15) is 22.6 Å². The summed E-state index contributed by atoms with van der Waals surface area (Å²) in [5.74, 6) is 0.0352. The van der Waals surface area contributed by atoms with E-state index in [0.717, 1.165) is 5.56 Å². The van der Waals surface area contributed by atoms with Crippen LogP contribution in [0, 0.1) is 0 Å². The van der Waals surface area contributed by atoms with Gasteiger partial charge in [0, 0.05) is 26.1 Å². The predicted octanol–water partition coefficient (Wildman–Crippen LogP) is 4.91. The Bertz CT molecular complexity index is 1400. The Hall–Kier alpha value is -4.08. The molecule has 3 aromatic rings. The van der Waals surface area contributed by atoms with E-state index in [-0.39, 0.29) is 18.6 Å². The van der Waals surface area contributed by atoms with Gasteiger partial charge in [0.15, 0.2) is 0 Å². The van der Waals surface area contributed by atoms with Gasteiger partial charge < -0.3 is 52.8 Å². The first-order chi connectivity index (χ1) is 26.1. The molecule has 0 saturated carbocycles. The number of carbonyl (C=O) groups is 2. The first-order valence-corrected chi connectivity index (χ1v) is 18.2. The molecule has 3 aromatic carbocycles. The van der Waals surface area contributed by atoms with E-state index in [1.165, 1.54) is 27.2 Å². The van der Waals surface area contributed by atoms with Crippen molar-refractivity contribution in [2.24, 2.45) is 0 Å². The second-order valence-corrected chi connectivity index (χ2v) is 12.0. The number of nitrogens with one attached hydrogen (secondary N) is 1. The van der Waals surface area contributed by atoms with Gasteiger partial charge in [-0.1, -0.05) is 78.9 Å². The molecule has 0 atom stereocenters. The van der Waals surface area contributed by atoms with Gasteiger partial charge >= 0.3 is 12.2 Å². The quantitative estimate of drug-likeness (QED) is 0.102. The van der Waals surface area contributed by atoms with Gasteiger partial charge in [-0.05, 0) is 27.8 Å². The number of nitrogens with zero attached hydrogens (tertiary/aromatic N) is 1. The lowest BCUT2D eigenvalue weighted by Crippen LogP contribution is -2.32. The van der Waals surface area contributed by atoms with Crippen molar-refractivity contribution >= 4 is 12.2 Å². The molecular formula is C40H54N2O11. The number of hydrogen-bond donors (Lipinski definition) is 1. The topological polar surface area (TPSA) is 132 Å². The Morgan fingerprint density at radius 2 is 0.981 bits per heavy atom. The number of benzene rings is 3. The number of amides is 2. The zero-order valence-electron chi connectivity index (χ0n) is 30.7. The second-order valence-electron chi connectivity index (χ2n) is 12.0. The average molecular weight is 739 g/mol. The summed E-state index contributed by atoms with van der Waals surface area (Å²) in [4.78, 5) is 25.8. The molecule has 1 aliphatic carbocycles. The van der Waals surface area contributed by atoms with Gasteiger partial charge in [0.1, 0.15) is 13.2 Å². The molecule has 0 aromatic heterocycles. The summed E-state index contributed by atoms with van der Waals surface area (Å²) in [5, 5.41) is 2.64. The lowest BCUT2D eigenvalue weighted by Gasteiger charge is -2.19. The van der Waals surface area contributed by atoms with Crippen LogP contribution in [0.4, 0.5) is 9.59 Å². The predicted molar refractivity (Wildman–Crippen MR) is 198 cm³/mol. The first-order valence-electron chi connectivity index (χ1n) is 18.2. The van der Waals surface area contributed by atoms with Gasteiger partial charge in [-0.2, -0.15) is 0 Å². The van der Waals surface area contributed by atoms with E-state index in [9.17, 15) is 9.59 Å². The minimum Gasteiger partial charge on any atom is -0.448 e. The highest BCUT2D eigenvalue weighted by Crippen LogP contribution is 2.44. The van der Waals surface area contributed by atoms with Crippen LogP contribution in [0.25, 0.3) is 11.1 Å². The summed E-state index contributed by atoms with van der Waals surface area (Å²) in [6.07, 6.45) is -0.842. The zero-order valence-corrected chi connectivity index (χ0v) is 30.7. The van der Waals surface area contributed by atoms with Crippen molar-refractivity contribution in [1.82, 2.24) is 10.2 Å². The Morgan fingerprint density at radius 3 is 1.49 bits per heavy atom. The zero-order chi connectivity index (χ0) is 37.2. The molecule has 53 heavy (non-hydrogen) atoms. The number of ether oxygens (including phenoxy) is 9. The highest BCUT2D eigenvalue weighted by Gasteiger charge is 2.29. The minimum absolute atomic E-state index is 0.0352. The van der Waals surface area contributed by atoms with Crippen LogP contribution >= 0.6 is 0 Å². The number of rotatable bonds is 28. The van der Waals surface area contributed by atoms with Gasteiger partial charge in [-0.15, -0.1) is 0 Å². The van der Waals surface area contributed by atoms with Crippen molar-refractivity contribution in [3.8, 4) is 11.1 Å². The van der Waals surface area contributed by atoms with Crippen LogP contribution in [-0.4, -0.2) is 136 Å². The molecule has 1 N–H and O–H groups in total. The minimum atomic E-state index is -0.473. The number of fused-ring (bicyclic) bond motifs is 3. The van der Waals surface area contributed by atoms with Crippen LogP contribution < -0.4 is 5.32 Å². The maximum absolute atomic E-state index is 12.6. The molecule has 0 fully saturated rings. The van der Waals surface area contributed by atoms with Gasteiger partial charge in [0.05, 0.1) is 92.5 Å². The summed E-state index contributed by atoms with van der Waals surface area (Å²) in [6.45, 7) is 7.52. The Labute approximate surface area is 312 Å². The maximum atomic E-state index is 12.6. The van der Waals surface area contributed by atoms with Crippen LogP contribution in [-0.2, 0) is 49.2 Å². The van der Waals surface area contributed by atoms with Crippen molar-refractivity contribution in [1.29, 1.82) is 0 Å². The molecule has 0 aliphatic heterocycles. The molecule has 13 nitrogen and oxygen atoms in total. The first kappa shape index (κ1) is 41.7. The van der Waals surface area contributed by atoms with Crippen molar-refractivity contribution in [2.45, 2.75) is 12.5 Å². The van der Waals surface area contributed by atoms with Gasteiger partial charge in [0.25, 0.3) is 0 Å². The van der Waals surface area contributed by atoms with Crippen LogP contribution in [0.3, 0.4) is 0 Å². The average Bonchev–Trinajstić information content (AvgIpc) is 3.51. The molecule has 0 bridgehead atoms. The Kier molecular flexibility index (Phi) is 20.3. The van der Waals surface area contributed by atoms with E-state index in [1.807, 2.05) is 54.6 Å². The van der Waals surface area contributed by atoms with Crippen LogP contribution in [0.15, 0.2) is 78.9 Å². The lowest BCUT2D eigenvalue weighted by atomic mass is 9.98. The third-order valence-electron chi connectivity index (χ3n) is 8.18. The van der Waals surface area contributed by atoms with Crippen molar-refractivity contribution in [2.75, 3.05) is 119 Å². The number of alkyl carbamates (subject to hydrolysis) is 1. The number of hydrogen-bond acceptors (Lipinski definition) is 11. The largest absolute Gasteiger partial charge is 0.448 e. The van der Waals surface area contributed by atoms with E-state index in [4.69, 9.17) is 42.6 Å². The summed E-state index contributed by atoms with van der Waals surface area (Å²) in [5.41, 5.74) is 5.72. The number of likely N-dealkylation sites (N-methyl/N-ethyl adjacent to an activating group) is 1. The molecule has 0 unspecified atom stereocenters. The highest BCUT2D eigenvalue weighted by molar-refractivity contribution is 5.79. The lowest BCUT2D eigenvalue weighted by molar-refractivity contribution is -0.0207. The Morgan fingerprint density at radius 1 is 0.547 bits per heavy atom. The molecule has 0 spiro atoms. The SMILES string of the molecule is CN(CCOCCOCCOCCOCCOCCOCCOCCNC(=O)OCc1ccccc1)C(=O)OCC1c2ccccc2-c2ccccc21. The van der Waals surface area contributed by atoms with E-state index in [2.05, 4.69) is 29.6 Å². The fraction of sp³-hybridized carbons (Fsp3) is 0.500. The maximum Gasteiger partial charge on any atom is 0.409 e. The third-order valence-corrected chi connectivity index (χ3v) is 8.18. The van der Waals surface area contributed by atoms with Crippen molar-refractivity contribution in [3.63, 3.8) is 0 Å². The summed E-state index contributed by atoms with van der Waals surface area (Å²) in [7, 11) is 1.71. The van der Waals surface area contributed by atoms with Crippen molar-refractivity contribution < 1.29 is 52.2 Å². The van der Waals surface area contributed by atoms with Gasteiger partial charge in [-0.25, -0.2) is 9.59 Å². The van der Waals surface area contributed by atoms with Gasteiger partial charge in [-0.3, -0.25) is 0 Å². The van der Waals surface area contributed by atoms with E-state index in [0.29, 0.717) is 112 Å². The summed E-state index contributed by atoms with van der Waals surface area (Å²) < 4.78 is 49.4. The fourth-order valence-corrected chi connectivity index (χ4v) is 5.42. The smallest absolute Gasteiger partial charge is 0.409 e. The van der Waals surface area contributed by atoms with Crippen molar-refractivity contribution in [3.05, 3.63) is 95.6 Å². The molecule has 0 heterocycles. The van der Waals surface area contributed by atoms with Gasteiger partial charge in [0.2, 0.25) is 0 Å². The Balaban J connectivity index is 0.834. The van der Waals surface area contributed by atoms with E-state index < -0.39 is 6.09 Å². The molecule has 4 rings (SSSR count). The molecular weight excluding hydrogens is 684 g/mol. The fourth-order valence-electron chi connectivity index (χ4n) is 5.42. The molecule has 1 aliphatic rings. The number of carbonyl (C=O) groups excluding carboxylic acids is 2. The molecule has 0 saturated heterocycles. The normalized spacial score (nSPS) is 11.9. The van der Waals surface area contributed by atoms with Crippen LogP contribution in [0.2, 0.25) is 0 Å². The molecule has 290 valence electrons. The highest BCUT2D eigenvalue weighted by atomic mass is 16.6. The summed E-state index contributed by atoms with van der Waals surface area (Å²) >= 11 is 0. The van der Waals surface area contributed by atoms with Crippen LogP contribution in [0.5, 0.6) is 0 Å². The standard InChI is InChI=1S/C40H54N2O11/c1-42(40(44)53-32-38-36-13-7-5-11-34(36)35-12-6-8-14-37(35)38)16-18-46-20-22-48-24-26-50-28-30-51-29-27-49-25-23-47-21-19-45-17-15-41-39(43)52-31-33-9-3-2-4-10-33/h2-14,38H,15-32H2,1H3,(H,41,43). The van der Waals surface area contributed by atoms with E-state index >= 15 is 0 Å². The monoisotopic (exact) mass is 738 g/mol. The molecule has 0 radical (unpaired) electrons. The van der Waals surface area contributed by atoms with E-state index in [1.54, 1.807) is 7.05 Å². The third kappa shape index (κ3) is 16.2. The molecule has 13 heteroatoms. The summed E-state index contributed by atoms with van der Waals surface area (Å²) in [6, 6.07) is 26.1. The second kappa shape index (κ2) is 25.8.